The monoisotopic (exact) mass is 273 g/mol. The van der Waals surface area contributed by atoms with E-state index in [1.807, 2.05) is 0 Å². The van der Waals surface area contributed by atoms with Crippen molar-refractivity contribution in [3.05, 3.63) is 29.8 Å². The molecule has 1 aliphatic carbocycles. The van der Waals surface area contributed by atoms with Crippen LogP contribution in [-0.4, -0.2) is 30.3 Å². The van der Waals surface area contributed by atoms with Crippen LogP contribution >= 0.6 is 0 Å². The number of alkyl halides is 3. The van der Waals surface area contributed by atoms with Crippen molar-refractivity contribution in [3.63, 3.8) is 0 Å². The molecule has 1 aromatic carbocycles. The first-order valence-corrected chi connectivity index (χ1v) is 5.95. The van der Waals surface area contributed by atoms with Gasteiger partial charge in [-0.05, 0) is 30.5 Å². The molecule has 1 amide bonds. The molecule has 0 spiro atoms. The summed E-state index contributed by atoms with van der Waals surface area (Å²) in [4.78, 5) is 13.5. The highest BCUT2D eigenvalue weighted by molar-refractivity contribution is 5.79. The molecule has 0 aromatic heterocycles. The van der Waals surface area contributed by atoms with Crippen molar-refractivity contribution in [2.75, 3.05) is 7.05 Å². The van der Waals surface area contributed by atoms with Gasteiger partial charge in [-0.2, -0.15) is 0 Å². The molecule has 1 aliphatic rings. The highest BCUT2D eigenvalue weighted by Crippen LogP contribution is 2.26. The molecule has 6 heteroatoms. The Balaban J connectivity index is 1.92. The van der Waals surface area contributed by atoms with E-state index in [1.165, 1.54) is 24.3 Å². The third-order valence-electron chi connectivity index (χ3n) is 3.00. The Labute approximate surface area is 109 Å². The molecule has 2 rings (SSSR count). The van der Waals surface area contributed by atoms with E-state index in [0.29, 0.717) is 11.6 Å². The average Bonchev–Trinajstić information content (AvgIpc) is 3.12. The van der Waals surface area contributed by atoms with Gasteiger partial charge in [-0.1, -0.05) is 12.1 Å². The van der Waals surface area contributed by atoms with E-state index in [4.69, 9.17) is 0 Å². The second-order valence-corrected chi connectivity index (χ2v) is 4.60. The van der Waals surface area contributed by atoms with Crippen molar-refractivity contribution in [2.45, 2.75) is 31.7 Å². The second kappa shape index (κ2) is 5.11. The number of hydrogen-bond donors (Lipinski definition) is 0. The van der Waals surface area contributed by atoms with Crippen molar-refractivity contribution in [1.82, 2.24) is 4.90 Å². The Morgan fingerprint density at radius 1 is 1.32 bits per heavy atom. The maximum Gasteiger partial charge on any atom is 0.573 e. The summed E-state index contributed by atoms with van der Waals surface area (Å²) in [5.74, 6) is -0.300. The molecule has 0 saturated heterocycles. The minimum absolute atomic E-state index is 0.0213. The van der Waals surface area contributed by atoms with Crippen molar-refractivity contribution in [3.8, 4) is 5.75 Å². The van der Waals surface area contributed by atoms with E-state index in [1.54, 1.807) is 11.9 Å². The molecule has 0 heterocycles. The molecule has 0 radical (unpaired) electrons. The molecule has 0 unspecified atom stereocenters. The number of rotatable bonds is 4. The zero-order valence-electron chi connectivity index (χ0n) is 10.4. The summed E-state index contributed by atoms with van der Waals surface area (Å²) in [6.07, 6.45) is -2.44. The van der Waals surface area contributed by atoms with Crippen LogP contribution in [0, 0.1) is 0 Å². The van der Waals surface area contributed by atoms with Gasteiger partial charge in [0.15, 0.2) is 0 Å². The number of carbonyl (C=O) groups is 1. The van der Waals surface area contributed by atoms with Gasteiger partial charge in [0.1, 0.15) is 5.75 Å². The lowest BCUT2D eigenvalue weighted by atomic mass is 10.1. The largest absolute Gasteiger partial charge is 0.573 e. The van der Waals surface area contributed by atoms with Crippen LogP contribution in [0.3, 0.4) is 0 Å². The number of nitrogens with zero attached hydrogens (tertiary/aromatic N) is 1. The number of hydrogen-bond acceptors (Lipinski definition) is 2. The highest BCUT2D eigenvalue weighted by atomic mass is 19.4. The molecule has 0 N–H and O–H groups in total. The normalized spacial score (nSPS) is 15.2. The lowest BCUT2D eigenvalue weighted by molar-refractivity contribution is -0.274. The van der Waals surface area contributed by atoms with Gasteiger partial charge in [0, 0.05) is 13.1 Å². The summed E-state index contributed by atoms with van der Waals surface area (Å²) in [7, 11) is 1.75. The van der Waals surface area contributed by atoms with Crippen molar-refractivity contribution >= 4 is 5.91 Å². The Hall–Kier alpha value is -1.72. The molecule has 3 nitrogen and oxygen atoms in total. The second-order valence-electron chi connectivity index (χ2n) is 4.60. The fourth-order valence-corrected chi connectivity index (χ4v) is 1.77. The van der Waals surface area contributed by atoms with Crippen LogP contribution in [0.2, 0.25) is 0 Å². The summed E-state index contributed by atoms with van der Waals surface area (Å²) in [5.41, 5.74) is 0.673. The summed E-state index contributed by atoms with van der Waals surface area (Å²) in [6, 6.07) is 5.71. The summed E-state index contributed by atoms with van der Waals surface area (Å²) in [5, 5.41) is 0. The topological polar surface area (TPSA) is 29.5 Å². The van der Waals surface area contributed by atoms with Crippen LogP contribution < -0.4 is 4.74 Å². The van der Waals surface area contributed by atoms with Crippen LogP contribution in [0.4, 0.5) is 13.2 Å². The van der Waals surface area contributed by atoms with Gasteiger partial charge in [0.05, 0.1) is 6.42 Å². The lowest BCUT2D eigenvalue weighted by Crippen LogP contribution is -2.30. The molecular formula is C13H14F3NO2. The number of halogens is 3. The van der Waals surface area contributed by atoms with E-state index >= 15 is 0 Å². The average molecular weight is 273 g/mol. The lowest BCUT2D eigenvalue weighted by Gasteiger charge is -2.16. The molecule has 1 aromatic rings. The maximum absolute atomic E-state index is 12.0. The maximum atomic E-state index is 12.0. The van der Waals surface area contributed by atoms with Gasteiger partial charge < -0.3 is 9.64 Å². The number of carbonyl (C=O) groups excluding carboxylic acids is 1. The van der Waals surface area contributed by atoms with Crippen LogP contribution in [0.1, 0.15) is 18.4 Å². The quantitative estimate of drug-likeness (QED) is 0.844. The Morgan fingerprint density at radius 2 is 1.89 bits per heavy atom. The first-order chi connectivity index (χ1) is 8.85. The third-order valence-corrected chi connectivity index (χ3v) is 3.00. The summed E-state index contributed by atoms with van der Waals surface area (Å²) >= 11 is 0. The molecule has 104 valence electrons. The van der Waals surface area contributed by atoms with Crippen LogP contribution in [0.15, 0.2) is 24.3 Å². The van der Waals surface area contributed by atoms with Gasteiger partial charge in [-0.25, -0.2) is 0 Å². The number of ether oxygens (including phenoxy) is 1. The van der Waals surface area contributed by atoms with E-state index in [0.717, 1.165) is 12.8 Å². The van der Waals surface area contributed by atoms with Gasteiger partial charge >= 0.3 is 6.36 Å². The van der Waals surface area contributed by atoms with Crippen molar-refractivity contribution in [2.24, 2.45) is 0 Å². The van der Waals surface area contributed by atoms with Crippen LogP contribution in [0.25, 0.3) is 0 Å². The molecule has 1 saturated carbocycles. The van der Waals surface area contributed by atoms with Crippen molar-refractivity contribution < 1.29 is 22.7 Å². The fourth-order valence-electron chi connectivity index (χ4n) is 1.77. The first-order valence-electron chi connectivity index (χ1n) is 5.95. The van der Waals surface area contributed by atoms with E-state index in [-0.39, 0.29) is 18.1 Å². The van der Waals surface area contributed by atoms with E-state index in [9.17, 15) is 18.0 Å². The Morgan fingerprint density at radius 3 is 2.37 bits per heavy atom. The van der Waals surface area contributed by atoms with E-state index < -0.39 is 6.36 Å². The molecule has 1 fully saturated rings. The SMILES string of the molecule is CN(C(=O)Cc1ccc(OC(F)(F)F)cc1)C1CC1. The van der Waals surface area contributed by atoms with Gasteiger partial charge in [-0.3, -0.25) is 4.79 Å². The third kappa shape index (κ3) is 4.15. The van der Waals surface area contributed by atoms with Crippen LogP contribution in [0.5, 0.6) is 5.75 Å². The van der Waals surface area contributed by atoms with Crippen LogP contribution in [-0.2, 0) is 11.2 Å². The minimum Gasteiger partial charge on any atom is -0.406 e. The Bertz CT molecular complexity index is 452. The molecule has 0 aliphatic heterocycles. The molecule has 0 atom stereocenters. The molecular weight excluding hydrogens is 259 g/mol. The van der Waals surface area contributed by atoms with E-state index in [2.05, 4.69) is 4.74 Å². The summed E-state index contributed by atoms with van der Waals surface area (Å²) < 4.78 is 39.7. The molecule has 0 bridgehead atoms. The minimum atomic E-state index is -4.69. The van der Waals surface area contributed by atoms with Gasteiger partial charge in [0.25, 0.3) is 0 Å². The highest BCUT2D eigenvalue weighted by Gasteiger charge is 2.31. The number of likely N-dealkylation sites (N-methyl/N-ethyl adjacent to an activating group) is 1. The molecule has 19 heavy (non-hydrogen) atoms. The predicted octanol–water partition coefficient (Wildman–Crippen LogP) is 2.75. The zero-order valence-corrected chi connectivity index (χ0v) is 10.4. The first kappa shape index (κ1) is 13.7. The van der Waals surface area contributed by atoms with Gasteiger partial charge in [-0.15, -0.1) is 13.2 Å². The van der Waals surface area contributed by atoms with Crippen molar-refractivity contribution in [1.29, 1.82) is 0 Å². The standard InChI is InChI=1S/C13H14F3NO2/c1-17(10-4-5-10)12(18)8-9-2-6-11(7-3-9)19-13(14,15)16/h2-3,6-7,10H,4-5,8H2,1H3. The number of benzene rings is 1. The smallest absolute Gasteiger partial charge is 0.406 e. The Kier molecular flexibility index (Phi) is 3.68. The summed E-state index contributed by atoms with van der Waals surface area (Å²) in [6.45, 7) is 0. The number of amides is 1. The predicted molar refractivity (Wildman–Crippen MR) is 62.6 cm³/mol. The fraction of sp³-hybridized carbons (Fsp3) is 0.462. The van der Waals surface area contributed by atoms with Gasteiger partial charge in [0.2, 0.25) is 5.91 Å². The zero-order chi connectivity index (χ0) is 14.0.